The van der Waals surface area contributed by atoms with Gasteiger partial charge in [0.25, 0.3) is 5.91 Å². The molecule has 11 heteroatoms. The summed E-state index contributed by atoms with van der Waals surface area (Å²) in [6, 6.07) is 15.7. The number of sulfone groups is 1. The minimum Gasteiger partial charge on any atom is -0.489 e. The second-order valence-corrected chi connectivity index (χ2v) is 11.7. The van der Waals surface area contributed by atoms with Crippen molar-refractivity contribution in [2.45, 2.75) is 17.9 Å². The number of thioether (sulfide) groups is 1. The lowest BCUT2D eigenvalue weighted by atomic mass is 10.1. The Bertz CT molecular complexity index is 1410. The molecular weight excluding hydrogens is 536 g/mol. The fraction of sp³-hybridized carbons (Fsp3) is 0.259. The number of carboxylic acids is 1. The summed E-state index contributed by atoms with van der Waals surface area (Å²) in [5.41, 5.74) is 2.18. The molecule has 0 radical (unpaired) electrons. The highest BCUT2D eigenvalue weighted by molar-refractivity contribution is 7.98. The van der Waals surface area contributed by atoms with E-state index in [0.717, 1.165) is 23.3 Å². The number of hydrogen-bond acceptors (Lipinski definition) is 6. The van der Waals surface area contributed by atoms with Gasteiger partial charge in [0.1, 0.15) is 28.7 Å². The molecule has 202 valence electrons. The largest absolute Gasteiger partial charge is 0.489 e. The minimum atomic E-state index is -3.24. The molecule has 3 aromatic rings. The number of carbonyl (C=O) groups is 2. The maximum absolute atomic E-state index is 13.8. The molecule has 38 heavy (non-hydrogen) atoms. The first-order valence-corrected chi connectivity index (χ1v) is 14.8. The number of aliphatic carboxylic acids is 1. The van der Waals surface area contributed by atoms with Crippen molar-refractivity contribution in [3.05, 3.63) is 83.4 Å². The number of amides is 1. The molecule has 0 unspecified atom stereocenters. The zero-order chi connectivity index (χ0) is 27.9. The normalized spacial score (nSPS) is 11.3. The Labute approximate surface area is 224 Å². The number of rotatable bonds is 12. The predicted molar refractivity (Wildman–Crippen MR) is 142 cm³/mol. The molecule has 0 saturated carbocycles. The molecule has 0 fully saturated rings. The van der Waals surface area contributed by atoms with Gasteiger partial charge in [-0.1, -0.05) is 24.3 Å². The Morgan fingerprint density at radius 2 is 1.71 bits per heavy atom. The zero-order valence-corrected chi connectivity index (χ0v) is 22.5. The van der Waals surface area contributed by atoms with Crippen LogP contribution in [-0.4, -0.2) is 61.7 Å². The van der Waals surface area contributed by atoms with Crippen LogP contribution in [0.3, 0.4) is 0 Å². The van der Waals surface area contributed by atoms with Crippen LogP contribution in [0.4, 0.5) is 8.78 Å². The molecule has 3 aromatic carbocycles. The molecule has 0 heterocycles. The molecule has 0 atom stereocenters. The first kappa shape index (κ1) is 29.1. The van der Waals surface area contributed by atoms with Crippen LogP contribution in [0.15, 0.2) is 65.6 Å². The Hall–Kier alpha value is -3.44. The van der Waals surface area contributed by atoms with Crippen LogP contribution in [0.5, 0.6) is 5.75 Å². The fourth-order valence-corrected chi connectivity index (χ4v) is 5.00. The second-order valence-electron chi connectivity index (χ2n) is 8.58. The van der Waals surface area contributed by atoms with Gasteiger partial charge >= 0.3 is 5.97 Å². The zero-order valence-electron chi connectivity index (χ0n) is 20.8. The topological polar surface area (TPSA) is 101 Å². The molecule has 3 rings (SSSR count). The molecule has 1 amide bonds. The lowest BCUT2D eigenvalue weighted by Crippen LogP contribution is -2.37. The van der Waals surface area contributed by atoms with Gasteiger partial charge in [-0.25, -0.2) is 17.2 Å². The van der Waals surface area contributed by atoms with Crippen molar-refractivity contribution in [1.82, 2.24) is 4.90 Å². The van der Waals surface area contributed by atoms with Crippen LogP contribution in [-0.2, 0) is 21.2 Å². The monoisotopic (exact) mass is 563 g/mol. The van der Waals surface area contributed by atoms with E-state index in [1.165, 1.54) is 11.8 Å². The highest BCUT2D eigenvalue weighted by Gasteiger charge is 2.19. The van der Waals surface area contributed by atoms with E-state index in [4.69, 9.17) is 4.74 Å². The highest BCUT2D eigenvalue weighted by Crippen LogP contribution is 2.33. The van der Waals surface area contributed by atoms with Gasteiger partial charge in [-0.3, -0.25) is 9.59 Å². The molecule has 0 aliphatic carbocycles. The predicted octanol–water partition coefficient (Wildman–Crippen LogP) is 4.89. The SMILES string of the molecule is CSc1cc(F)c(F)cc1-c1ccc(OCc2cccc(C(=O)N(CCCS(C)(=O)=O)CC(=O)O)c2)cc1. The summed E-state index contributed by atoms with van der Waals surface area (Å²) >= 11 is 1.31. The third kappa shape index (κ3) is 8.29. The number of benzene rings is 3. The Balaban J connectivity index is 1.69. The molecule has 0 spiro atoms. The maximum Gasteiger partial charge on any atom is 0.323 e. The third-order valence-electron chi connectivity index (χ3n) is 5.54. The van der Waals surface area contributed by atoms with Crippen LogP contribution < -0.4 is 4.74 Å². The summed E-state index contributed by atoms with van der Waals surface area (Å²) in [5, 5.41) is 9.18. The van der Waals surface area contributed by atoms with E-state index in [1.54, 1.807) is 54.8 Å². The molecule has 0 bridgehead atoms. The number of hydrogen-bond donors (Lipinski definition) is 1. The van der Waals surface area contributed by atoms with Gasteiger partial charge in [0.15, 0.2) is 11.6 Å². The second kappa shape index (κ2) is 12.9. The molecular formula is C27H27F2NO6S2. The van der Waals surface area contributed by atoms with Crippen molar-refractivity contribution in [2.24, 2.45) is 0 Å². The van der Waals surface area contributed by atoms with E-state index in [2.05, 4.69) is 0 Å². The number of nitrogens with zero attached hydrogens (tertiary/aromatic N) is 1. The van der Waals surface area contributed by atoms with Gasteiger partial charge in [0, 0.05) is 23.3 Å². The molecule has 1 N–H and O–H groups in total. The number of carbonyl (C=O) groups excluding carboxylic acids is 1. The van der Waals surface area contributed by atoms with Crippen molar-refractivity contribution in [3.63, 3.8) is 0 Å². The molecule has 0 aliphatic heterocycles. The van der Waals surface area contributed by atoms with Crippen molar-refractivity contribution in [3.8, 4) is 16.9 Å². The van der Waals surface area contributed by atoms with Gasteiger partial charge in [-0.15, -0.1) is 11.8 Å². The standard InChI is InChI=1S/C27H27F2NO6S2/c1-37-25-15-24(29)23(28)14-22(25)19-7-9-21(10-8-19)36-17-18-5-3-6-20(13-18)27(33)30(16-26(31)32)11-4-12-38(2,34)35/h3,5-10,13-15H,4,11-12,16-17H2,1-2H3,(H,31,32). The fourth-order valence-electron chi connectivity index (χ4n) is 3.73. The van der Waals surface area contributed by atoms with Crippen LogP contribution in [0.1, 0.15) is 22.3 Å². The minimum absolute atomic E-state index is 0.0124. The smallest absolute Gasteiger partial charge is 0.323 e. The van der Waals surface area contributed by atoms with E-state index in [0.29, 0.717) is 27.3 Å². The van der Waals surface area contributed by atoms with Crippen molar-refractivity contribution >= 4 is 33.5 Å². The van der Waals surface area contributed by atoms with E-state index in [1.807, 2.05) is 0 Å². The van der Waals surface area contributed by atoms with Crippen LogP contribution >= 0.6 is 11.8 Å². The van der Waals surface area contributed by atoms with E-state index < -0.39 is 39.9 Å². The highest BCUT2D eigenvalue weighted by atomic mass is 32.2. The average molecular weight is 564 g/mol. The quantitative estimate of drug-likeness (QED) is 0.313. The van der Waals surface area contributed by atoms with Gasteiger partial charge in [-0.2, -0.15) is 0 Å². The first-order valence-electron chi connectivity index (χ1n) is 11.5. The maximum atomic E-state index is 13.8. The number of halogens is 2. The van der Waals surface area contributed by atoms with E-state index in [9.17, 15) is 31.9 Å². The lowest BCUT2D eigenvalue weighted by molar-refractivity contribution is -0.137. The molecule has 0 aliphatic rings. The third-order valence-corrected chi connectivity index (χ3v) is 7.35. The van der Waals surface area contributed by atoms with Gasteiger partial charge < -0.3 is 14.7 Å². The number of carboxylic acid groups (broad SMARTS) is 1. The van der Waals surface area contributed by atoms with Crippen molar-refractivity contribution in [1.29, 1.82) is 0 Å². The van der Waals surface area contributed by atoms with Gasteiger partial charge in [0.05, 0.1) is 5.75 Å². The first-order chi connectivity index (χ1) is 18.0. The summed E-state index contributed by atoms with van der Waals surface area (Å²) in [6.07, 6.45) is 2.99. The Kier molecular flexibility index (Phi) is 9.87. The molecule has 0 saturated heterocycles. The lowest BCUT2D eigenvalue weighted by Gasteiger charge is -2.21. The Morgan fingerprint density at radius 1 is 1.03 bits per heavy atom. The van der Waals surface area contributed by atoms with Crippen LogP contribution in [0.25, 0.3) is 11.1 Å². The van der Waals surface area contributed by atoms with Crippen LogP contribution in [0.2, 0.25) is 0 Å². The summed E-state index contributed by atoms with van der Waals surface area (Å²) < 4.78 is 56.0. The van der Waals surface area contributed by atoms with Crippen molar-refractivity contribution in [2.75, 3.05) is 31.4 Å². The summed E-state index contributed by atoms with van der Waals surface area (Å²) in [7, 11) is -3.24. The van der Waals surface area contributed by atoms with Gasteiger partial charge in [0.2, 0.25) is 0 Å². The molecule has 0 aromatic heterocycles. The molecule has 7 nitrogen and oxygen atoms in total. The van der Waals surface area contributed by atoms with Gasteiger partial charge in [-0.05, 0) is 65.8 Å². The van der Waals surface area contributed by atoms with E-state index >= 15 is 0 Å². The summed E-state index contributed by atoms with van der Waals surface area (Å²) in [6.45, 7) is -0.442. The number of ether oxygens (including phenoxy) is 1. The summed E-state index contributed by atoms with van der Waals surface area (Å²) in [4.78, 5) is 25.9. The summed E-state index contributed by atoms with van der Waals surface area (Å²) in [5.74, 6) is -3.19. The average Bonchev–Trinajstić information content (AvgIpc) is 2.87. The Morgan fingerprint density at radius 3 is 2.34 bits per heavy atom. The van der Waals surface area contributed by atoms with Crippen LogP contribution in [0, 0.1) is 11.6 Å². The van der Waals surface area contributed by atoms with Crippen molar-refractivity contribution < 1.29 is 36.6 Å². The van der Waals surface area contributed by atoms with E-state index in [-0.39, 0.29) is 30.9 Å².